The van der Waals surface area contributed by atoms with Crippen LogP contribution in [0, 0.1) is 11.6 Å². The highest BCUT2D eigenvalue weighted by atomic mass is 35.5. The Balaban J connectivity index is 0.00000341. The summed E-state index contributed by atoms with van der Waals surface area (Å²) in [7, 11) is -0.0275. The van der Waals surface area contributed by atoms with Crippen LogP contribution in [-0.2, 0) is 14.6 Å². The van der Waals surface area contributed by atoms with Crippen LogP contribution in [0.4, 0.5) is 13.9 Å². The summed E-state index contributed by atoms with van der Waals surface area (Å²) in [5.74, 6) is -1.74. The van der Waals surface area contributed by atoms with Crippen LogP contribution in [-0.4, -0.2) is 57.1 Å². The highest BCUT2D eigenvalue weighted by Gasteiger charge is 2.23. The van der Waals surface area contributed by atoms with Crippen molar-refractivity contribution < 1.29 is 22.0 Å². The zero-order chi connectivity index (χ0) is 21.9. The topological polar surface area (TPSA) is 70.6 Å². The molecule has 0 saturated carbocycles. The lowest BCUT2D eigenvalue weighted by atomic mass is 10.3. The number of carbonyl (C=O) groups excluding carboxylic acids is 1. The Labute approximate surface area is 189 Å². The van der Waals surface area contributed by atoms with Gasteiger partial charge >= 0.3 is 0 Å². The highest BCUT2D eigenvalue weighted by Crippen LogP contribution is 2.30. The third kappa shape index (κ3) is 6.42. The molecular weight excluding hydrogens is 468 g/mol. The van der Waals surface area contributed by atoms with E-state index in [1.807, 2.05) is 19.0 Å². The van der Waals surface area contributed by atoms with Gasteiger partial charge in [0.25, 0.3) is 0 Å². The van der Waals surface area contributed by atoms with E-state index in [9.17, 15) is 22.0 Å². The van der Waals surface area contributed by atoms with E-state index in [0.717, 1.165) is 12.1 Å². The summed E-state index contributed by atoms with van der Waals surface area (Å²) in [6.07, 6.45) is -0.253. The molecule has 31 heavy (non-hydrogen) atoms. The Hall–Kier alpha value is -2.14. The van der Waals surface area contributed by atoms with Gasteiger partial charge in [0.15, 0.2) is 15.0 Å². The van der Waals surface area contributed by atoms with E-state index in [4.69, 9.17) is 0 Å². The Morgan fingerprint density at radius 2 is 1.68 bits per heavy atom. The molecule has 0 N–H and O–H groups in total. The van der Waals surface area contributed by atoms with E-state index in [1.54, 1.807) is 0 Å². The summed E-state index contributed by atoms with van der Waals surface area (Å²) in [4.78, 5) is 20.6. The Kier molecular flexibility index (Phi) is 8.47. The normalized spacial score (nSPS) is 11.5. The summed E-state index contributed by atoms with van der Waals surface area (Å²) in [5, 5.41) is 0.390. The SMILES string of the molecule is CN(C)CCN(C(=O)CCS(=O)(=O)c1ccc(F)cc1)c1nc2ccc(F)cc2s1.Cl. The molecule has 0 aliphatic heterocycles. The number of rotatable bonds is 8. The number of carbonyl (C=O) groups is 1. The van der Waals surface area contributed by atoms with Crippen molar-refractivity contribution in [2.75, 3.05) is 37.8 Å². The van der Waals surface area contributed by atoms with Gasteiger partial charge in [-0.25, -0.2) is 22.2 Å². The molecule has 1 amide bonds. The number of fused-ring (bicyclic) bond motifs is 1. The number of hydrogen-bond acceptors (Lipinski definition) is 6. The average molecular weight is 490 g/mol. The molecule has 1 aromatic heterocycles. The molecule has 3 rings (SSSR count). The molecule has 0 aliphatic rings. The minimum atomic E-state index is -3.74. The molecule has 2 aromatic carbocycles. The van der Waals surface area contributed by atoms with Crippen molar-refractivity contribution in [3.8, 4) is 0 Å². The van der Waals surface area contributed by atoms with Crippen LogP contribution in [0.15, 0.2) is 47.4 Å². The van der Waals surface area contributed by atoms with Gasteiger partial charge in [-0.05, 0) is 56.6 Å². The molecule has 0 bridgehead atoms. The standard InChI is InChI=1S/C20H21F2N3O3S2.ClH/c1-24(2)10-11-25(20-23-17-8-5-15(22)13-18(17)29-20)19(26)9-12-30(27,28)16-6-3-14(21)4-7-16;/h3-8,13H,9-12H2,1-2H3;1H. The Morgan fingerprint density at radius 3 is 2.32 bits per heavy atom. The van der Waals surface area contributed by atoms with Crippen LogP contribution in [0.5, 0.6) is 0 Å². The van der Waals surface area contributed by atoms with Crippen LogP contribution in [0.3, 0.4) is 0 Å². The summed E-state index contributed by atoms with van der Waals surface area (Å²) in [6.45, 7) is 0.853. The van der Waals surface area contributed by atoms with Gasteiger partial charge in [-0.15, -0.1) is 12.4 Å². The molecule has 0 fully saturated rings. The molecular formula is C20H22ClF2N3O3S2. The van der Waals surface area contributed by atoms with Crippen LogP contribution < -0.4 is 4.90 Å². The van der Waals surface area contributed by atoms with Crippen LogP contribution in [0.25, 0.3) is 10.2 Å². The number of thiazole rings is 1. The van der Waals surface area contributed by atoms with Gasteiger partial charge in [-0.1, -0.05) is 11.3 Å². The smallest absolute Gasteiger partial charge is 0.229 e. The molecule has 0 aliphatic carbocycles. The number of nitrogens with zero attached hydrogens (tertiary/aromatic N) is 3. The average Bonchev–Trinajstić information content (AvgIpc) is 3.09. The largest absolute Gasteiger partial charge is 0.308 e. The number of hydrogen-bond donors (Lipinski definition) is 0. The van der Waals surface area contributed by atoms with E-state index >= 15 is 0 Å². The first kappa shape index (κ1) is 25.1. The van der Waals surface area contributed by atoms with Crippen molar-refractivity contribution in [2.24, 2.45) is 0 Å². The van der Waals surface area contributed by atoms with E-state index in [0.29, 0.717) is 28.4 Å². The molecule has 3 aromatic rings. The van der Waals surface area contributed by atoms with Crippen molar-refractivity contribution in [1.82, 2.24) is 9.88 Å². The molecule has 11 heteroatoms. The molecule has 0 radical (unpaired) electrons. The van der Waals surface area contributed by atoms with Crippen LogP contribution in [0.2, 0.25) is 0 Å². The van der Waals surface area contributed by atoms with Crippen molar-refractivity contribution in [2.45, 2.75) is 11.3 Å². The van der Waals surface area contributed by atoms with Gasteiger partial charge in [-0.2, -0.15) is 0 Å². The van der Waals surface area contributed by atoms with Crippen molar-refractivity contribution >= 4 is 54.8 Å². The van der Waals surface area contributed by atoms with Gasteiger partial charge < -0.3 is 4.90 Å². The van der Waals surface area contributed by atoms with E-state index in [1.165, 1.54) is 46.6 Å². The number of anilines is 1. The molecule has 1 heterocycles. The third-order valence-corrected chi connectivity index (χ3v) is 7.17. The first-order valence-corrected chi connectivity index (χ1v) is 11.6. The Bertz CT molecular complexity index is 1150. The molecule has 0 saturated heterocycles. The molecule has 168 valence electrons. The lowest BCUT2D eigenvalue weighted by molar-refractivity contribution is -0.118. The fraction of sp³-hybridized carbons (Fsp3) is 0.300. The second-order valence-corrected chi connectivity index (χ2v) is 10.1. The van der Waals surface area contributed by atoms with Crippen molar-refractivity contribution in [3.63, 3.8) is 0 Å². The molecule has 0 unspecified atom stereocenters. The minimum Gasteiger partial charge on any atom is -0.308 e. The lowest BCUT2D eigenvalue weighted by Gasteiger charge is -2.22. The maximum Gasteiger partial charge on any atom is 0.229 e. The van der Waals surface area contributed by atoms with Gasteiger partial charge in [0.1, 0.15) is 11.6 Å². The second kappa shape index (κ2) is 10.4. The number of halogens is 3. The Morgan fingerprint density at radius 1 is 1.03 bits per heavy atom. The van der Waals surface area contributed by atoms with E-state index in [-0.39, 0.29) is 23.7 Å². The number of benzene rings is 2. The molecule has 0 spiro atoms. The third-order valence-electron chi connectivity index (χ3n) is 4.40. The second-order valence-electron chi connectivity index (χ2n) is 6.98. The monoisotopic (exact) mass is 489 g/mol. The van der Waals surface area contributed by atoms with Crippen LogP contribution >= 0.6 is 23.7 Å². The maximum absolute atomic E-state index is 13.5. The zero-order valence-corrected chi connectivity index (χ0v) is 19.4. The van der Waals surface area contributed by atoms with Crippen molar-refractivity contribution in [3.05, 3.63) is 54.1 Å². The van der Waals surface area contributed by atoms with Gasteiger partial charge in [-0.3, -0.25) is 9.69 Å². The first-order chi connectivity index (χ1) is 14.2. The molecule has 0 atom stereocenters. The summed E-state index contributed by atoms with van der Waals surface area (Å²) < 4.78 is 52.1. The summed E-state index contributed by atoms with van der Waals surface area (Å²) in [5.41, 5.74) is 0.568. The first-order valence-electron chi connectivity index (χ1n) is 9.15. The van der Waals surface area contributed by atoms with Gasteiger partial charge in [0, 0.05) is 19.5 Å². The van der Waals surface area contributed by atoms with Crippen LogP contribution in [0.1, 0.15) is 6.42 Å². The maximum atomic E-state index is 13.5. The summed E-state index contributed by atoms with van der Waals surface area (Å²) in [6, 6.07) is 8.69. The lowest BCUT2D eigenvalue weighted by Crippen LogP contribution is -2.37. The number of likely N-dealkylation sites (N-methyl/N-ethyl adjacent to an activating group) is 1. The highest BCUT2D eigenvalue weighted by molar-refractivity contribution is 7.91. The predicted octanol–water partition coefficient (Wildman–Crippen LogP) is 3.75. The van der Waals surface area contributed by atoms with Gasteiger partial charge in [0.05, 0.1) is 20.9 Å². The number of sulfone groups is 1. The summed E-state index contributed by atoms with van der Waals surface area (Å²) >= 11 is 1.18. The van der Waals surface area contributed by atoms with Gasteiger partial charge in [0.2, 0.25) is 5.91 Å². The quantitative estimate of drug-likeness (QED) is 0.451. The minimum absolute atomic E-state index is 0. The van der Waals surface area contributed by atoms with E-state index in [2.05, 4.69) is 4.98 Å². The number of amides is 1. The zero-order valence-electron chi connectivity index (χ0n) is 16.9. The number of aromatic nitrogens is 1. The van der Waals surface area contributed by atoms with E-state index < -0.39 is 33.1 Å². The molecule has 6 nitrogen and oxygen atoms in total. The van der Waals surface area contributed by atoms with Crippen molar-refractivity contribution in [1.29, 1.82) is 0 Å². The fourth-order valence-electron chi connectivity index (χ4n) is 2.75. The predicted molar refractivity (Wildman–Crippen MR) is 121 cm³/mol. The fourth-order valence-corrected chi connectivity index (χ4v) is 5.01.